The number of nitriles is 1. The van der Waals surface area contributed by atoms with Gasteiger partial charge >= 0.3 is 0 Å². The van der Waals surface area contributed by atoms with E-state index < -0.39 is 11.6 Å². The summed E-state index contributed by atoms with van der Waals surface area (Å²) in [6.07, 6.45) is 2.04. The molecule has 0 saturated heterocycles. The number of hydrogen-bond donors (Lipinski definition) is 1. The molecule has 2 heterocycles. The van der Waals surface area contributed by atoms with Crippen molar-refractivity contribution in [3.8, 4) is 23.1 Å². The molecule has 0 spiro atoms. The zero-order valence-corrected chi connectivity index (χ0v) is 19.6. The molecule has 1 aromatic heterocycles. The Hall–Kier alpha value is -3.72. The molecule has 6 heteroatoms. The monoisotopic (exact) mass is 459 g/mol. The van der Waals surface area contributed by atoms with Gasteiger partial charge < -0.3 is 10.1 Å². The van der Waals surface area contributed by atoms with Crippen molar-refractivity contribution in [2.75, 3.05) is 13.2 Å². The Labute approximate surface area is 198 Å². The van der Waals surface area contributed by atoms with Gasteiger partial charge in [0.05, 0.1) is 23.9 Å². The number of nitrogens with one attached hydrogen (secondary N) is 1. The van der Waals surface area contributed by atoms with Crippen molar-refractivity contribution < 1.29 is 13.5 Å². The molecule has 0 aliphatic carbocycles. The molecule has 0 amide bonds. The maximum absolute atomic E-state index is 15.1. The SMILES string of the molecule is C=CNCC(c1cccc(C#N)c1)c1cc2c(c(-c3cc(CC)c(F)cc3F)n1)OCC2(C)C. The van der Waals surface area contributed by atoms with E-state index in [-0.39, 0.29) is 16.9 Å². The average molecular weight is 460 g/mol. The minimum atomic E-state index is -0.679. The Morgan fingerprint density at radius 3 is 2.74 bits per heavy atom. The highest BCUT2D eigenvalue weighted by Gasteiger charge is 2.36. The van der Waals surface area contributed by atoms with E-state index in [1.807, 2.05) is 31.2 Å². The zero-order valence-electron chi connectivity index (χ0n) is 19.6. The number of rotatable bonds is 7. The molecule has 4 rings (SSSR count). The lowest BCUT2D eigenvalue weighted by molar-refractivity contribution is 0.291. The summed E-state index contributed by atoms with van der Waals surface area (Å²) in [7, 11) is 0. The van der Waals surface area contributed by atoms with Crippen molar-refractivity contribution in [2.24, 2.45) is 0 Å². The van der Waals surface area contributed by atoms with Gasteiger partial charge in [0.25, 0.3) is 0 Å². The maximum atomic E-state index is 15.1. The predicted molar refractivity (Wildman–Crippen MR) is 129 cm³/mol. The van der Waals surface area contributed by atoms with E-state index in [4.69, 9.17) is 9.72 Å². The molecule has 2 aromatic carbocycles. The van der Waals surface area contributed by atoms with Crippen LogP contribution in [0.15, 0.2) is 55.2 Å². The fourth-order valence-electron chi connectivity index (χ4n) is 4.36. The van der Waals surface area contributed by atoms with Gasteiger partial charge in [-0.3, -0.25) is 0 Å². The lowest BCUT2D eigenvalue weighted by atomic mass is 9.84. The Kier molecular flexibility index (Phi) is 6.39. The smallest absolute Gasteiger partial charge is 0.149 e. The molecule has 1 aliphatic heterocycles. The van der Waals surface area contributed by atoms with Crippen molar-refractivity contribution in [3.05, 3.63) is 94.8 Å². The number of ether oxygens (including phenoxy) is 1. The number of hydrogen-bond acceptors (Lipinski definition) is 4. The van der Waals surface area contributed by atoms with Gasteiger partial charge in [-0.05, 0) is 48.0 Å². The van der Waals surface area contributed by atoms with Crippen molar-refractivity contribution in [3.63, 3.8) is 0 Å². The van der Waals surface area contributed by atoms with Crippen LogP contribution >= 0.6 is 0 Å². The number of benzene rings is 2. The van der Waals surface area contributed by atoms with Crippen LogP contribution in [0.4, 0.5) is 8.78 Å². The topological polar surface area (TPSA) is 57.9 Å². The lowest BCUT2D eigenvalue weighted by Gasteiger charge is -2.22. The van der Waals surface area contributed by atoms with Gasteiger partial charge in [0.2, 0.25) is 0 Å². The van der Waals surface area contributed by atoms with E-state index in [1.165, 1.54) is 6.07 Å². The van der Waals surface area contributed by atoms with Crippen LogP contribution in [0.3, 0.4) is 0 Å². The second kappa shape index (κ2) is 9.26. The first-order valence-electron chi connectivity index (χ1n) is 11.3. The van der Waals surface area contributed by atoms with Crippen LogP contribution < -0.4 is 10.1 Å². The summed E-state index contributed by atoms with van der Waals surface area (Å²) in [6, 6.07) is 14.0. The van der Waals surface area contributed by atoms with Gasteiger partial charge in [0.1, 0.15) is 23.1 Å². The molecular weight excluding hydrogens is 432 g/mol. The van der Waals surface area contributed by atoms with E-state index in [1.54, 1.807) is 12.3 Å². The maximum Gasteiger partial charge on any atom is 0.149 e. The van der Waals surface area contributed by atoms with Crippen LogP contribution in [0.5, 0.6) is 5.75 Å². The van der Waals surface area contributed by atoms with E-state index in [0.717, 1.165) is 17.2 Å². The number of halogens is 2. The predicted octanol–water partition coefficient (Wildman–Crippen LogP) is 6.00. The highest BCUT2D eigenvalue weighted by Crippen LogP contribution is 2.46. The molecule has 0 saturated carbocycles. The highest BCUT2D eigenvalue weighted by molar-refractivity contribution is 5.72. The Bertz CT molecular complexity index is 1290. The molecule has 1 N–H and O–H groups in total. The summed E-state index contributed by atoms with van der Waals surface area (Å²) < 4.78 is 35.3. The molecule has 4 nitrogen and oxygen atoms in total. The third-order valence-electron chi connectivity index (χ3n) is 6.31. The fraction of sp³-hybridized carbons (Fsp3) is 0.286. The summed E-state index contributed by atoms with van der Waals surface area (Å²) in [5.41, 5.74) is 3.77. The van der Waals surface area contributed by atoms with Crippen LogP contribution in [0.1, 0.15) is 54.6 Å². The van der Waals surface area contributed by atoms with Gasteiger partial charge in [0.15, 0.2) is 0 Å². The van der Waals surface area contributed by atoms with E-state index in [9.17, 15) is 9.65 Å². The Morgan fingerprint density at radius 1 is 1.24 bits per heavy atom. The minimum absolute atomic E-state index is 0.218. The summed E-state index contributed by atoms with van der Waals surface area (Å²) in [6.45, 7) is 10.6. The van der Waals surface area contributed by atoms with Crippen LogP contribution in [0, 0.1) is 23.0 Å². The van der Waals surface area contributed by atoms with Crippen molar-refractivity contribution in [1.29, 1.82) is 5.26 Å². The average Bonchev–Trinajstić information content (AvgIpc) is 3.14. The first-order chi connectivity index (χ1) is 16.3. The quantitative estimate of drug-likeness (QED) is 0.471. The Balaban J connectivity index is 1.97. The molecule has 1 unspecified atom stereocenters. The first-order valence-corrected chi connectivity index (χ1v) is 11.3. The number of nitrogens with zero attached hydrogens (tertiary/aromatic N) is 2. The molecule has 174 valence electrons. The van der Waals surface area contributed by atoms with Crippen molar-refractivity contribution in [2.45, 2.75) is 38.5 Å². The zero-order chi connectivity index (χ0) is 24.5. The molecule has 1 atom stereocenters. The summed E-state index contributed by atoms with van der Waals surface area (Å²) in [4.78, 5) is 4.89. The lowest BCUT2D eigenvalue weighted by Crippen LogP contribution is -2.21. The van der Waals surface area contributed by atoms with Gasteiger partial charge in [0, 0.05) is 35.1 Å². The summed E-state index contributed by atoms with van der Waals surface area (Å²) >= 11 is 0. The summed E-state index contributed by atoms with van der Waals surface area (Å²) in [5, 5.41) is 12.5. The third kappa shape index (κ3) is 4.26. The molecule has 0 radical (unpaired) electrons. The van der Waals surface area contributed by atoms with Gasteiger partial charge in [-0.15, -0.1) is 0 Å². The number of pyridine rings is 1. The highest BCUT2D eigenvalue weighted by atomic mass is 19.1. The van der Waals surface area contributed by atoms with E-state index in [0.29, 0.717) is 47.8 Å². The minimum Gasteiger partial charge on any atom is -0.490 e. The van der Waals surface area contributed by atoms with Gasteiger partial charge in [-0.2, -0.15) is 5.26 Å². The van der Waals surface area contributed by atoms with Crippen LogP contribution in [0.2, 0.25) is 0 Å². The van der Waals surface area contributed by atoms with Crippen LogP contribution in [-0.4, -0.2) is 18.1 Å². The molecule has 0 bridgehead atoms. The Morgan fingerprint density at radius 2 is 2.03 bits per heavy atom. The standard InChI is InChI=1S/C28H27F2N3O/c1-5-18-11-20(24(30)13-23(18)29)26-27-22(28(3,4)16-34-27)12-25(33-26)21(15-32-6-2)19-9-7-8-17(10-19)14-31/h6-13,21,32H,2,5,15-16H2,1,3-4H3. The second-order valence-electron chi connectivity index (χ2n) is 9.12. The largest absolute Gasteiger partial charge is 0.490 e. The first kappa shape index (κ1) is 23.4. The van der Waals surface area contributed by atoms with E-state index in [2.05, 4.69) is 31.8 Å². The molecule has 1 aliphatic rings. The third-order valence-corrected chi connectivity index (χ3v) is 6.31. The molecule has 0 fully saturated rings. The van der Waals surface area contributed by atoms with Crippen LogP contribution in [-0.2, 0) is 11.8 Å². The molecule has 34 heavy (non-hydrogen) atoms. The summed E-state index contributed by atoms with van der Waals surface area (Å²) in [5.74, 6) is -0.954. The van der Waals surface area contributed by atoms with Crippen LogP contribution in [0.25, 0.3) is 11.3 Å². The normalized spacial score (nSPS) is 14.6. The van der Waals surface area contributed by atoms with Gasteiger partial charge in [-0.25, -0.2) is 13.8 Å². The number of aryl methyl sites for hydroxylation is 1. The molecular formula is C28H27F2N3O. The molecule has 3 aromatic rings. The number of aromatic nitrogens is 1. The van der Waals surface area contributed by atoms with E-state index >= 15 is 4.39 Å². The fourth-order valence-corrected chi connectivity index (χ4v) is 4.36. The van der Waals surface area contributed by atoms with Crippen molar-refractivity contribution in [1.82, 2.24) is 10.3 Å². The number of fused-ring (bicyclic) bond motifs is 1. The van der Waals surface area contributed by atoms with Crippen molar-refractivity contribution >= 4 is 0 Å². The second-order valence-corrected chi connectivity index (χ2v) is 9.12. The van der Waals surface area contributed by atoms with Gasteiger partial charge in [-0.1, -0.05) is 39.5 Å².